The van der Waals surface area contributed by atoms with Crippen LogP contribution in [0, 0.1) is 0 Å². The first kappa shape index (κ1) is 13.4. The van der Waals surface area contributed by atoms with Gasteiger partial charge in [0, 0.05) is 6.54 Å². The third kappa shape index (κ3) is 7.44. The number of carbonyl (C=O) groups excluding carboxylic acids is 2. The number of amides is 1. The van der Waals surface area contributed by atoms with E-state index in [1.807, 2.05) is 0 Å². The molecular weight excluding hydrogens is 198 g/mol. The molecule has 0 aliphatic heterocycles. The second-order valence-electron chi connectivity index (χ2n) is 3.16. The van der Waals surface area contributed by atoms with Crippen molar-refractivity contribution in [2.75, 3.05) is 6.54 Å². The van der Waals surface area contributed by atoms with Gasteiger partial charge in [0.05, 0.1) is 12.5 Å². The van der Waals surface area contributed by atoms with Gasteiger partial charge in [-0.1, -0.05) is 0 Å². The van der Waals surface area contributed by atoms with Crippen LogP contribution >= 0.6 is 0 Å². The lowest BCUT2D eigenvalue weighted by Crippen LogP contribution is -2.33. The van der Waals surface area contributed by atoms with Gasteiger partial charge < -0.3 is 22.9 Å². The van der Waals surface area contributed by atoms with Gasteiger partial charge >= 0.3 is 0 Å². The minimum Gasteiger partial charge on any atom is -0.370 e. The number of hydrogen-bond donors (Lipinski definition) is 4. The summed E-state index contributed by atoms with van der Waals surface area (Å²) < 4.78 is 0. The lowest BCUT2D eigenvalue weighted by atomic mass is 10.1. The van der Waals surface area contributed by atoms with Crippen molar-refractivity contribution in [3.63, 3.8) is 0 Å². The summed E-state index contributed by atoms with van der Waals surface area (Å²) >= 11 is 0. The number of aliphatic imine (C=N–C) groups is 1. The third-order valence-electron chi connectivity index (χ3n) is 1.73. The Kier molecular flexibility index (Phi) is 6.03. The normalized spacial score (nSPS) is 11.8. The number of hydrogen-bond acceptors (Lipinski definition) is 4. The Bertz CT molecular complexity index is 260. The van der Waals surface area contributed by atoms with Gasteiger partial charge in [-0.05, 0) is 12.8 Å². The van der Waals surface area contributed by atoms with Crippen LogP contribution in [0.15, 0.2) is 4.99 Å². The summed E-state index contributed by atoms with van der Waals surface area (Å²) in [6.45, 7) is 0.417. The van der Waals surface area contributed by atoms with Crippen molar-refractivity contribution >= 4 is 17.6 Å². The first-order chi connectivity index (χ1) is 6.93. The number of nitrogens with zero attached hydrogens (tertiary/aromatic N) is 1. The van der Waals surface area contributed by atoms with E-state index >= 15 is 0 Å². The standard InChI is InChI=1S/C8H17N5O2/c9-5(6(14)4-7(10)15)2-1-3-13-8(11)12/h5H,1-4,9H2,(H2,10,15)(H4,11,12,13)/t5-/m0/s1. The van der Waals surface area contributed by atoms with Crippen molar-refractivity contribution in [3.8, 4) is 0 Å². The van der Waals surface area contributed by atoms with E-state index < -0.39 is 11.9 Å². The number of guanidine groups is 1. The summed E-state index contributed by atoms with van der Waals surface area (Å²) in [5, 5.41) is 0. The van der Waals surface area contributed by atoms with E-state index in [2.05, 4.69) is 4.99 Å². The molecule has 1 amide bonds. The predicted octanol–water partition coefficient (Wildman–Crippen LogP) is -2.19. The zero-order valence-corrected chi connectivity index (χ0v) is 8.48. The van der Waals surface area contributed by atoms with Crippen LogP contribution in [0.4, 0.5) is 0 Å². The highest BCUT2D eigenvalue weighted by Gasteiger charge is 2.14. The summed E-state index contributed by atoms with van der Waals surface area (Å²) in [4.78, 5) is 25.3. The summed E-state index contributed by atoms with van der Waals surface area (Å²) in [7, 11) is 0. The van der Waals surface area contributed by atoms with Crippen LogP contribution < -0.4 is 22.9 Å². The Morgan fingerprint density at radius 3 is 2.27 bits per heavy atom. The number of carbonyl (C=O) groups is 2. The van der Waals surface area contributed by atoms with Crippen LogP contribution in [0.5, 0.6) is 0 Å². The molecule has 0 radical (unpaired) electrons. The monoisotopic (exact) mass is 215 g/mol. The molecule has 7 nitrogen and oxygen atoms in total. The summed E-state index contributed by atoms with van der Waals surface area (Å²) in [6, 6.07) is -0.674. The number of nitrogens with two attached hydrogens (primary N) is 4. The van der Waals surface area contributed by atoms with E-state index in [9.17, 15) is 9.59 Å². The fourth-order valence-corrected chi connectivity index (χ4v) is 0.983. The van der Waals surface area contributed by atoms with E-state index in [1.54, 1.807) is 0 Å². The highest BCUT2D eigenvalue weighted by Crippen LogP contribution is 1.98. The van der Waals surface area contributed by atoms with Crippen LogP contribution in [-0.4, -0.2) is 30.2 Å². The van der Waals surface area contributed by atoms with Crippen LogP contribution in [0.2, 0.25) is 0 Å². The fourth-order valence-electron chi connectivity index (χ4n) is 0.983. The molecule has 0 spiro atoms. The van der Waals surface area contributed by atoms with Gasteiger partial charge in [0.25, 0.3) is 0 Å². The Morgan fingerprint density at radius 1 is 1.20 bits per heavy atom. The van der Waals surface area contributed by atoms with Gasteiger partial charge in [0.15, 0.2) is 11.7 Å². The molecule has 7 heteroatoms. The molecule has 1 atom stereocenters. The Hall–Kier alpha value is -1.63. The summed E-state index contributed by atoms with van der Waals surface area (Å²) in [6.07, 6.45) is 0.704. The number of primary amides is 1. The molecular formula is C8H17N5O2. The largest absolute Gasteiger partial charge is 0.370 e. The number of rotatable bonds is 7. The smallest absolute Gasteiger partial charge is 0.224 e. The summed E-state index contributed by atoms with van der Waals surface area (Å²) in [5.74, 6) is -1.01. The fraction of sp³-hybridized carbons (Fsp3) is 0.625. The minimum absolute atomic E-state index is 0.00651. The maximum Gasteiger partial charge on any atom is 0.224 e. The van der Waals surface area contributed by atoms with Crippen LogP contribution in [0.1, 0.15) is 19.3 Å². The quantitative estimate of drug-likeness (QED) is 0.164. The molecule has 86 valence electrons. The molecule has 0 heterocycles. The van der Waals surface area contributed by atoms with Crippen molar-refractivity contribution < 1.29 is 9.59 Å². The van der Waals surface area contributed by atoms with Gasteiger partial charge in [-0.15, -0.1) is 0 Å². The minimum atomic E-state index is -0.674. The zero-order chi connectivity index (χ0) is 11.8. The molecule has 0 saturated carbocycles. The van der Waals surface area contributed by atoms with E-state index in [-0.39, 0.29) is 18.2 Å². The lowest BCUT2D eigenvalue weighted by Gasteiger charge is -2.07. The van der Waals surface area contributed by atoms with Gasteiger partial charge in [-0.25, -0.2) is 0 Å². The van der Waals surface area contributed by atoms with Gasteiger partial charge in [0.2, 0.25) is 5.91 Å². The van der Waals surface area contributed by atoms with Gasteiger partial charge in [-0.3, -0.25) is 14.6 Å². The van der Waals surface area contributed by atoms with Crippen molar-refractivity contribution in [3.05, 3.63) is 0 Å². The van der Waals surface area contributed by atoms with Crippen LogP contribution in [0.3, 0.4) is 0 Å². The van der Waals surface area contributed by atoms with Crippen LogP contribution in [0.25, 0.3) is 0 Å². The number of ketones is 1. The Morgan fingerprint density at radius 2 is 1.80 bits per heavy atom. The molecule has 0 aliphatic rings. The SMILES string of the molecule is NC(=O)CC(=O)[C@@H](N)CCCN=C(N)N. The maximum atomic E-state index is 11.2. The molecule has 0 saturated heterocycles. The molecule has 0 aromatic rings. The highest BCUT2D eigenvalue weighted by atomic mass is 16.2. The van der Waals surface area contributed by atoms with E-state index in [0.29, 0.717) is 19.4 Å². The number of Topliss-reactive ketones (excluding diaryl/α,β-unsaturated/α-hetero) is 1. The third-order valence-corrected chi connectivity index (χ3v) is 1.73. The summed E-state index contributed by atoms with van der Waals surface area (Å²) in [5.41, 5.74) is 20.6. The zero-order valence-electron chi connectivity index (χ0n) is 8.48. The lowest BCUT2D eigenvalue weighted by molar-refractivity contribution is -0.127. The molecule has 0 unspecified atom stereocenters. The van der Waals surface area contributed by atoms with Crippen molar-refractivity contribution in [2.45, 2.75) is 25.3 Å². The second kappa shape index (κ2) is 6.77. The molecule has 0 aliphatic carbocycles. The van der Waals surface area contributed by atoms with Crippen molar-refractivity contribution in [1.82, 2.24) is 0 Å². The van der Waals surface area contributed by atoms with E-state index in [1.165, 1.54) is 0 Å². The van der Waals surface area contributed by atoms with E-state index in [4.69, 9.17) is 22.9 Å². The second-order valence-corrected chi connectivity index (χ2v) is 3.16. The average Bonchev–Trinajstić information content (AvgIpc) is 2.10. The molecule has 8 N–H and O–H groups in total. The molecule has 0 aromatic carbocycles. The molecule has 0 aromatic heterocycles. The molecule has 0 fully saturated rings. The van der Waals surface area contributed by atoms with Crippen LogP contribution in [-0.2, 0) is 9.59 Å². The van der Waals surface area contributed by atoms with Gasteiger partial charge in [0.1, 0.15) is 0 Å². The first-order valence-corrected chi connectivity index (χ1v) is 4.55. The van der Waals surface area contributed by atoms with Gasteiger partial charge in [-0.2, -0.15) is 0 Å². The van der Waals surface area contributed by atoms with Crippen molar-refractivity contribution in [2.24, 2.45) is 27.9 Å². The predicted molar refractivity (Wildman–Crippen MR) is 56.7 cm³/mol. The highest BCUT2D eigenvalue weighted by molar-refractivity contribution is 5.99. The van der Waals surface area contributed by atoms with Crippen molar-refractivity contribution in [1.29, 1.82) is 0 Å². The maximum absolute atomic E-state index is 11.2. The topological polar surface area (TPSA) is 151 Å². The first-order valence-electron chi connectivity index (χ1n) is 4.55. The Labute approximate surface area is 87.9 Å². The van der Waals surface area contributed by atoms with E-state index in [0.717, 1.165) is 0 Å². The molecule has 15 heavy (non-hydrogen) atoms. The molecule has 0 bridgehead atoms. The molecule has 0 rings (SSSR count). The average molecular weight is 215 g/mol. The Balaban J connectivity index is 3.74.